The van der Waals surface area contributed by atoms with Gasteiger partial charge in [0, 0.05) is 17.6 Å². The minimum atomic E-state index is 0.0904. The largest absolute Gasteiger partial charge is 0.481 e. The summed E-state index contributed by atoms with van der Waals surface area (Å²) < 4.78 is 5.53. The Morgan fingerprint density at radius 2 is 2.06 bits per heavy atom. The summed E-state index contributed by atoms with van der Waals surface area (Å²) in [6.45, 7) is 9.60. The molecule has 0 bridgehead atoms. The normalized spacial score (nSPS) is 11.0. The molecule has 1 aromatic rings. The van der Waals surface area contributed by atoms with E-state index in [0.29, 0.717) is 6.61 Å². The van der Waals surface area contributed by atoms with Crippen molar-refractivity contribution in [2.75, 3.05) is 6.61 Å². The topological polar surface area (TPSA) is 21.3 Å². The van der Waals surface area contributed by atoms with Crippen LogP contribution in [0.2, 0.25) is 0 Å². The van der Waals surface area contributed by atoms with Crippen LogP contribution in [0.25, 0.3) is 0 Å². The lowest BCUT2D eigenvalue weighted by Crippen LogP contribution is -2.35. The van der Waals surface area contributed by atoms with Gasteiger partial charge in [0.1, 0.15) is 12.4 Å². The number of nitrogens with one attached hydrogen (secondary N) is 1. The van der Waals surface area contributed by atoms with E-state index in [9.17, 15) is 0 Å². The minimum absolute atomic E-state index is 0.0904. The first-order valence-electron chi connectivity index (χ1n) is 5.83. The maximum atomic E-state index is 5.53. The number of hydrogen-bond donors (Lipinski definition) is 1. The molecule has 0 aliphatic carbocycles. The fraction of sp³-hybridized carbons (Fsp3) is 0.467. The lowest BCUT2D eigenvalue weighted by molar-refractivity contribution is 0.359. The molecular formula is C15H21NO. The lowest BCUT2D eigenvalue weighted by atomic mass is 10.1. The molecule has 0 unspecified atom stereocenters. The van der Waals surface area contributed by atoms with Crippen molar-refractivity contribution in [1.82, 2.24) is 5.32 Å². The van der Waals surface area contributed by atoms with Crippen LogP contribution in [0.15, 0.2) is 18.2 Å². The van der Waals surface area contributed by atoms with Gasteiger partial charge in [-0.2, -0.15) is 0 Å². The first kappa shape index (κ1) is 13.6. The number of aryl methyl sites for hydroxylation is 1. The van der Waals surface area contributed by atoms with Gasteiger partial charge in [0.05, 0.1) is 0 Å². The maximum Gasteiger partial charge on any atom is 0.148 e. The molecule has 0 amide bonds. The van der Waals surface area contributed by atoms with E-state index in [-0.39, 0.29) is 5.54 Å². The van der Waals surface area contributed by atoms with E-state index in [1.807, 2.05) is 12.1 Å². The molecule has 17 heavy (non-hydrogen) atoms. The Kier molecular flexibility index (Phi) is 4.60. The predicted octanol–water partition coefficient (Wildman–Crippen LogP) is 2.90. The highest BCUT2D eigenvalue weighted by molar-refractivity contribution is 5.37. The van der Waals surface area contributed by atoms with Gasteiger partial charge < -0.3 is 10.1 Å². The Bertz CT molecular complexity index is 410. The van der Waals surface area contributed by atoms with Gasteiger partial charge in [-0.15, -0.1) is 6.42 Å². The molecule has 1 N–H and O–H groups in total. The van der Waals surface area contributed by atoms with Crippen LogP contribution in [0.1, 0.15) is 31.9 Å². The zero-order chi connectivity index (χ0) is 12.9. The fourth-order valence-corrected chi connectivity index (χ4v) is 1.47. The number of hydrogen-bond acceptors (Lipinski definition) is 2. The summed E-state index contributed by atoms with van der Waals surface area (Å²) >= 11 is 0. The summed E-state index contributed by atoms with van der Waals surface area (Å²) in [6.07, 6.45) is 5.21. The summed E-state index contributed by atoms with van der Waals surface area (Å²) in [7, 11) is 0. The summed E-state index contributed by atoms with van der Waals surface area (Å²) in [4.78, 5) is 0. The van der Waals surface area contributed by atoms with Gasteiger partial charge in [-0.3, -0.25) is 0 Å². The molecule has 0 saturated carbocycles. The zero-order valence-electron chi connectivity index (χ0n) is 11.1. The molecule has 2 nitrogen and oxygen atoms in total. The Morgan fingerprint density at radius 1 is 1.35 bits per heavy atom. The van der Waals surface area contributed by atoms with Crippen molar-refractivity contribution in [1.29, 1.82) is 0 Å². The third kappa shape index (κ3) is 4.93. The average molecular weight is 231 g/mol. The fourth-order valence-electron chi connectivity index (χ4n) is 1.47. The summed E-state index contributed by atoms with van der Waals surface area (Å²) in [5.41, 5.74) is 2.46. The summed E-state index contributed by atoms with van der Waals surface area (Å²) in [6, 6.07) is 6.14. The minimum Gasteiger partial charge on any atom is -0.481 e. The second-order valence-electron chi connectivity index (χ2n) is 5.21. The smallest absolute Gasteiger partial charge is 0.148 e. The molecule has 2 heteroatoms. The number of rotatable bonds is 4. The maximum absolute atomic E-state index is 5.53. The quantitative estimate of drug-likeness (QED) is 0.804. The van der Waals surface area contributed by atoms with Crippen molar-refractivity contribution in [2.45, 2.75) is 39.8 Å². The van der Waals surface area contributed by atoms with Gasteiger partial charge in [-0.05, 0) is 33.8 Å². The van der Waals surface area contributed by atoms with Crippen LogP contribution in [0.5, 0.6) is 5.75 Å². The molecule has 0 saturated heterocycles. The SMILES string of the molecule is C#CCOc1ccc(C)cc1CNC(C)(C)C. The molecule has 0 atom stereocenters. The second kappa shape index (κ2) is 5.75. The molecule has 92 valence electrons. The standard InChI is InChI=1S/C15H21NO/c1-6-9-17-14-8-7-12(2)10-13(14)11-16-15(3,4)5/h1,7-8,10,16H,9,11H2,2-5H3. The molecular weight excluding hydrogens is 210 g/mol. The molecule has 0 radical (unpaired) electrons. The van der Waals surface area contributed by atoms with Crippen LogP contribution in [0.3, 0.4) is 0 Å². The average Bonchev–Trinajstić information content (AvgIpc) is 2.24. The number of terminal acetylenes is 1. The Labute approximate surface area is 104 Å². The second-order valence-corrected chi connectivity index (χ2v) is 5.21. The third-order valence-corrected chi connectivity index (χ3v) is 2.34. The molecule has 0 aromatic heterocycles. The van der Waals surface area contributed by atoms with Crippen LogP contribution < -0.4 is 10.1 Å². The van der Waals surface area contributed by atoms with Crippen molar-refractivity contribution < 1.29 is 4.74 Å². The number of benzene rings is 1. The van der Waals surface area contributed by atoms with E-state index >= 15 is 0 Å². The van der Waals surface area contributed by atoms with Gasteiger partial charge in [-0.1, -0.05) is 23.6 Å². The molecule has 0 heterocycles. The molecule has 0 spiro atoms. The van der Waals surface area contributed by atoms with E-state index < -0.39 is 0 Å². The monoisotopic (exact) mass is 231 g/mol. The Morgan fingerprint density at radius 3 is 2.65 bits per heavy atom. The van der Waals surface area contributed by atoms with Crippen molar-refractivity contribution >= 4 is 0 Å². The lowest BCUT2D eigenvalue weighted by Gasteiger charge is -2.21. The molecule has 1 rings (SSSR count). The molecule has 1 aromatic carbocycles. The first-order valence-corrected chi connectivity index (χ1v) is 5.83. The van der Waals surface area contributed by atoms with Crippen molar-refractivity contribution in [3.63, 3.8) is 0 Å². The first-order chi connectivity index (χ1) is 7.92. The van der Waals surface area contributed by atoms with E-state index in [0.717, 1.165) is 17.9 Å². The highest BCUT2D eigenvalue weighted by atomic mass is 16.5. The van der Waals surface area contributed by atoms with Gasteiger partial charge in [0.2, 0.25) is 0 Å². The van der Waals surface area contributed by atoms with Gasteiger partial charge in [-0.25, -0.2) is 0 Å². The van der Waals surface area contributed by atoms with E-state index in [2.05, 4.69) is 45.0 Å². The van der Waals surface area contributed by atoms with E-state index in [1.165, 1.54) is 5.56 Å². The predicted molar refractivity (Wildman–Crippen MR) is 72.1 cm³/mol. The van der Waals surface area contributed by atoms with Crippen LogP contribution >= 0.6 is 0 Å². The van der Waals surface area contributed by atoms with Crippen molar-refractivity contribution in [3.8, 4) is 18.1 Å². The number of ether oxygens (including phenoxy) is 1. The molecule has 0 aliphatic heterocycles. The molecule has 0 fully saturated rings. The van der Waals surface area contributed by atoms with Gasteiger partial charge in [0.15, 0.2) is 0 Å². The van der Waals surface area contributed by atoms with E-state index in [4.69, 9.17) is 11.2 Å². The van der Waals surface area contributed by atoms with Crippen molar-refractivity contribution in [2.24, 2.45) is 0 Å². The van der Waals surface area contributed by atoms with Gasteiger partial charge in [0.25, 0.3) is 0 Å². The highest BCUT2D eigenvalue weighted by Crippen LogP contribution is 2.20. The summed E-state index contributed by atoms with van der Waals surface area (Å²) in [5.74, 6) is 3.35. The highest BCUT2D eigenvalue weighted by Gasteiger charge is 2.11. The van der Waals surface area contributed by atoms with Crippen LogP contribution in [0, 0.1) is 19.3 Å². The van der Waals surface area contributed by atoms with Crippen molar-refractivity contribution in [3.05, 3.63) is 29.3 Å². The third-order valence-electron chi connectivity index (χ3n) is 2.34. The molecule has 0 aliphatic rings. The van der Waals surface area contributed by atoms with Gasteiger partial charge >= 0.3 is 0 Å². The summed E-state index contributed by atoms with van der Waals surface area (Å²) in [5, 5.41) is 3.45. The zero-order valence-corrected chi connectivity index (χ0v) is 11.1. The van der Waals surface area contributed by atoms with Crippen LogP contribution in [0.4, 0.5) is 0 Å². The van der Waals surface area contributed by atoms with E-state index in [1.54, 1.807) is 0 Å². The Hall–Kier alpha value is -1.46. The Balaban J connectivity index is 2.80. The van der Waals surface area contributed by atoms with Crippen LogP contribution in [-0.2, 0) is 6.54 Å². The van der Waals surface area contributed by atoms with Crippen LogP contribution in [-0.4, -0.2) is 12.1 Å².